The minimum Gasteiger partial charge on any atom is -0.383 e. The van der Waals surface area contributed by atoms with Gasteiger partial charge in [-0.05, 0) is 12.0 Å². The first kappa shape index (κ1) is 18.0. The number of aliphatic hydroxyl groups is 1. The molecule has 4 N–H and O–H groups in total. The number of nitrogens with zero attached hydrogens (tertiary/aromatic N) is 3. The summed E-state index contributed by atoms with van der Waals surface area (Å²) >= 11 is 0. The number of carbonyl (C=O) groups excluding carboxylic acids is 1. The molecule has 8 nitrogen and oxygen atoms in total. The number of rotatable bonds is 3. The van der Waals surface area contributed by atoms with E-state index in [2.05, 4.69) is 15.1 Å². The number of nitrogen functional groups attached to an aromatic ring is 1. The van der Waals surface area contributed by atoms with Crippen molar-refractivity contribution in [3.8, 4) is 0 Å². The highest BCUT2D eigenvalue weighted by Gasteiger charge is 2.47. The molecule has 0 saturated carbocycles. The maximum absolute atomic E-state index is 12.9. The van der Waals surface area contributed by atoms with Gasteiger partial charge in [0.1, 0.15) is 17.1 Å². The van der Waals surface area contributed by atoms with Crippen LogP contribution in [0.3, 0.4) is 0 Å². The largest absolute Gasteiger partial charge is 0.383 e. The number of carbonyl (C=O) groups is 1. The fourth-order valence-corrected chi connectivity index (χ4v) is 4.09. The Morgan fingerprint density at radius 2 is 2.00 bits per heavy atom. The van der Waals surface area contributed by atoms with Crippen molar-refractivity contribution in [3.05, 3.63) is 47.7 Å². The van der Waals surface area contributed by atoms with Gasteiger partial charge in [-0.3, -0.25) is 14.8 Å². The standard InChI is InChI=1S/C19H25N5O3/c20-17-12-15(21-22-17)18(25)24-7-6-19(26,14-4-2-1-3-5-14)16(13-24)23-8-10-27-11-9-23/h1-5,12,16,26H,6-11,13H2,(H3,20,21,22)/t16-,19+/m1/s1. The van der Waals surface area contributed by atoms with E-state index in [-0.39, 0.29) is 11.9 Å². The van der Waals surface area contributed by atoms with E-state index in [1.807, 2.05) is 30.3 Å². The SMILES string of the molecule is Nc1cc(C(=O)N2CC[C@](O)(c3ccccc3)[C@H](N3CCOCC3)C2)[nH]n1. The monoisotopic (exact) mass is 371 g/mol. The van der Waals surface area contributed by atoms with E-state index in [0.29, 0.717) is 44.2 Å². The maximum atomic E-state index is 12.9. The third kappa shape index (κ3) is 3.43. The van der Waals surface area contributed by atoms with E-state index in [9.17, 15) is 9.90 Å². The molecule has 1 amide bonds. The lowest BCUT2D eigenvalue weighted by atomic mass is 9.79. The first-order valence-corrected chi connectivity index (χ1v) is 9.28. The van der Waals surface area contributed by atoms with Crippen LogP contribution in [0.25, 0.3) is 0 Å². The molecule has 0 aliphatic carbocycles. The van der Waals surface area contributed by atoms with Gasteiger partial charge in [0.15, 0.2) is 0 Å². The molecule has 8 heteroatoms. The Morgan fingerprint density at radius 1 is 1.26 bits per heavy atom. The average molecular weight is 371 g/mol. The van der Waals surface area contributed by atoms with E-state index in [1.54, 1.807) is 11.0 Å². The number of aromatic amines is 1. The van der Waals surface area contributed by atoms with Crippen LogP contribution in [0.2, 0.25) is 0 Å². The Morgan fingerprint density at radius 3 is 2.67 bits per heavy atom. The van der Waals surface area contributed by atoms with Crippen LogP contribution >= 0.6 is 0 Å². The van der Waals surface area contributed by atoms with Gasteiger partial charge in [-0.2, -0.15) is 5.10 Å². The molecule has 2 fully saturated rings. The molecule has 2 aliphatic rings. The Kier molecular flexibility index (Phi) is 4.86. The summed E-state index contributed by atoms with van der Waals surface area (Å²) in [5.41, 5.74) is 5.88. The Bertz CT molecular complexity index is 790. The van der Waals surface area contributed by atoms with Crippen LogP contribution < -0.4 is 5.73 Å². The zero-order valence-corrected chi connectivity index (χ0v) is 15.2. The maximum Gasteiger partial charge on any atom is 0.271 e. The molecule has 144 valence electrons. The Hall–Kier alpha value is -2.42. The number of morpholine rings is 1. The normalized spacial score (nSPS) is 26.9. The highest BCUT2D eigenvalue weighted by atomic mass is 16.5. The van der Waals surface area contributed by atoms with Crippen LogP contribution in [0.15, 0.2) is 36.4 Å². The van der Waals surface area contributed by atoms with Crippen LogP contribution in [-0.2, 0) is 10.3 Å². The summed E-state index contributed by atoms with van der Waals surface area (Å²) in [5.74, 6) is 0.147. The van der Waals surface area contributed by atoms with Gasteiger partial charge in [-0.1, -0.05) is 30.3 Å². The highest BCUT2D eigenvalue weighted by molar-refractivity contribution is 5.93. The van der Waals surface area contributed by atoms with E-state index in [4.69, 9.17) is 10.5 Å². The Labute approximate surface area is 157 Å². The summed E-state index contributed by atoms with van der Waals surface area (Å²) in [7, 11) is 0. The van der Waals surface area contributed by atoms with Gasteiger partial charge >= 0.3 is 0 Å². The number of hydrogen-bond acceptors (Lipinski definition) is 6. The number of ether oxygens (including phenoxy) is 1. The number of anilines is 1. The second kappa shape index (κ2) is 7.30. The Balaban J connectivity index is 1.62. The van der Waals surface area contributed by atoms with Crippen LogP contribution in [-0.4, -0.2) is 76.4 Å². The van der Waals surface area contributed by atoms with E-state index in [1.165, 1.54) is 0 Å². The highest BCUT2D eigenvalue weighted by Crippen LogP contribution is 2.36. The second-order valence-corrected chi connectivity index (χ2v) is 7.16. The topological polar surface area (TPSA) is 108 Å². The number of nitrogens with two attached hydrogens (primary N) is 1. The molecular formula is C19H25N5O3. The van der Waals surface area contributed by atoms with Crippen molar-refractivity contribution in [1.82, 2.24) is 20.0 Å². The number of likely N-dealkylation sites (tertiary alicyclic amines) is 1. The number of piperidine rings is 1. The fraction of sp³-hybridized carbons (Fsp3) is 0.474. The van der Waals surface area contributed by atoms with Crippen molar-refractivity contribution >= 4 is 11.7 Å². The number of amides is 1. The van der Waals surface area contributed by atoms with Crippen LogP contribution in [0, 0.1) is 0 Å². The molecule has 27 heavy (non-hydrogen) atoms. The molecule has 1 aromatic carbocycles. The molecule has 0 spiro atoms. The molecule has 2 aromatic rings. The molecular weight excluding hydrogens is 346 g/mol. The minimum atomic E-state index is -1.01. The van der Waals surface area contributed by atoms with Gasteiger partial charge in [-0.25, -0.2) is 0 Å². The summed E-state index contributed by atoms with van der Waals surface area (Å²) < 4.78 is 5.48. The van der Waals surface area contributed by atoms with Crippen molar-refractivity contribution in [1.29, 1.82) is 0 Å². The third-order valence-corrected chi connectivity index (χ3v) is 5.58. The van der Waals surface area contributed by atoms with Crippen molar-refractivity contribution < 1.29 is 14.6 Å². The number of hydrogen-bond donors (Lipinski definition) is 3. The molecule has 3 heterocycles. The first-order chi connectivity index (χ1) is 13.1. The molecule has 1 aromatic heterocycles. The summed E-state index contributed by atoms with van der Waals surface area (Å²) in [6.45, 7) is 3.63. The van der Waals surface area contributed by atoms with Crippen LogP contribution in [0.4, 0.5) is 5.82 Å². The quantitative estimate of drug-likeness (QED) is 0.722. The van der Waals surface area contributed by atoms with Gasteiger partial charge < -0.3 is 20.5 Å². The van der Waals surface area contributed by atoms with Crippen molar-refractivity contribution in [2.24, 2.45) is 0 Å². The van der Waals surface area contributed by atoms with Crippen LogP contribution in [0.5, 0.6) is 0 Å². The van der Waals surface area contributed by atoms with E-state index in [0.717, 1.165) is 18.7 Å². The van der Waals surface area contributed by atoms with Gasteiger partial charge in [0, 0.05) is 32.2 Å². The number of nitrogens with one attached hydrogen (secondary N) is 1. The van der Waals surface area contributed by atoms with Gasteiger partial charge in [0.2, 0.25) is 0 Å². The number of H-pyrrole nitrogens is 1. The number of benzene rings is 1. The number of aromatic nitrogens is 2. The van der Waals surface area contributed by atoms with Crippen LogP contribution in [0.1, 0.15) is 22.5 Å². The minimum absolute atomic E-state index is 0.146. The molecule has 4 rings (SSSR count). The van der Waals surface area contributed by atoms with Crippen molar-refractivity contribution in [2.45, 2.75) is 18.1 Å². The third-order valence-electron chi connectivity index (χ3n) is 5.58. The van der Waals surface area contributed by atoms with Crippen molar-refractivity contribution in [2.75, 3.05) is 45.1 Å². The molecule has 0 bridgehead atoms. The fourth-order valence-electron chi connectivity index (χ4n) is 4.09. The predicted molar refractivity (Wildman–Crippen MR) is 100 cm³/mol. The average Bonchev–Trinajstić information content (AvgIpc) is 3.15. The zero-order valence-electron chi connectivity index (χ0n) is 15.2. The molecule has 2 aliphatic heterocycles. The molecule has 2 saturated heterocycles. The lowest BCUT2D eigenvalue weighted by Crippen LogP contribution is -2.63. The van der Waals surface area contributed by atoms with Gasteiger partial charge in [0.05, 0.1) is 19.3 Å². The lowest BCUT2D eigenvalue weighted by molar-refractivity contribution is -0.112. The summed E-state index contributed by atoms with van der Waals surface area (Å²) in [6.07, 6.45) is 0.467. The van der Waals surface area contributed by atoms with E-state index < -0.39 is 5.60 Å². The summed E-state index contributed by atoms with van der Waals surface area (Å²) in [6, 6.07) is 11.1. The van der Waals surface area contributed by atoms with Gasteiger partial charge in [0.25, 0.3) is 5.91 Å². The van der Waals surface area contributed by atoms with E-state index >= 15 is 0 Å². The zero-order chi connectivity index (χ0) is 18.9. The smallest absolute Gasteiger partial charge is 0.271 e. The molecule has 0 unspecified atom stereocenters. The molecule has 0 radical (unpaired) electrons. The molecule has 2 atom stereocenters. The first-order valence-electron chi connectivity index (χ1n) is 9.28. The summed E-state index contributed by atoms with van der Waals surface area (Å²) in [5, 5.41) is 18.2. The lowest BCUT2D eigenvalue weighted by Gasteiger charge is -2.50. The second-order valence-electron chi connectivity index (χ2n) is 7.16. The van der Waals surface area contributed by atoms with Gasteiger partial charge in [-0.15, -0.1) is 0 Å². The summed E-state index contributed by atoms with van der Waals surface area (Å²) in [4.78, 5) is 16.9. The predicted octanol–water partition coefficient (Wildman–Crippen LogP) is 0.426. The van der Waals surface area contributed by atoms with Crippen molar-refractivity contribution in [3.63, 3.8) is 0 Å².